The Balaban J connectivity index is 1.74. The molecule has 3 aromatic carbocycles. The van der Waals surface area contributed by atoms with Gasteiger partial charge in [0.05, 0.1) is 13.2 Å². The summed E-state index contributed by atoms with van der Waals surface area (Å²) < 4.78 is 83.9. The fraction of sp³-hybridized carbons (Fsp3) is 0.314. The lowest BCUT2D eigenvalue weighted by molar-refractivity contribution is -0.276. The molecule has 10 heteroatoms. The van der Waals surface area contributed by atoms with Crippen molar-refractivity contribution in [2.75, 3.05) is 13.2 Å². The SMILES string of the molecule is C=CC(=O)OCCCCCc1ccc(-c2cc(-c3ccc(CCCCCOC(=O)C=C)cc3)c(F)c(OC(F)(F)F)c2F)cc1. The van der Waals surface area contributed by atoms with Gasteiger partial charge >= 0.3 is 18.3 Å². The minimum absolute atomic E-state index is 0.234. The van der Waals surface area contributed by atoms with Gasteiger partial charge in [-0.25, -0.2) is 18.4 Å². The Bertz CT molecular complexity index is 1350. The number of carbonyl (C=O) groups is 2. The zero-order chi connectivity index (χ0) is 32.8. The largest absolute Gasteiger partial charge is 0.573 e. The molecule has 0 saturated carbocycles. The number of halogens is 5. The summed E-state index contributed by atoms with van der Waals surface area (Å²) in [7, 11) is 0. The molecule has 0 spiro atoms. The minimum Gasteiger partial charge on any atom is -0.463 e. The molecule has 0 bridgehead atoms. The Morgan fingerprint density at radius 1 is 0.644 bits per heavy atom. The summed E-state index contributed by atoms with van der Waals surface area (Å²) >= 11 is 0. The van der Waals surface area contributed by atoms with E-state index in [1.165, 1.54) is 6.07 Å². The lowest BCUT2D eigenvalue weighted by Crippen LogP contribution is -2.19. The molecule has 0 atom stereocenters. The molecule has 0 heterocycles. The zero-order valence-corrected chi connectivity index (χ0v) is 24.8. The van der Waals surface area contributed by atoms with Crippen molar-refractivity contribution in [3.8, 4) is 28.0 Å². The van der Waals surface area contributed by atoms with Crippen LogP contribution in [0.2, 0.25) is 0 Å². The highest BCUT2D eigenvalue weighted by atomic mass is 19.4. The second kappa shape index (κ2) is 17.1. The molecule has 0 aliphatic heterocycles. The number of carbonyl (C=O) groups excluding carboxylic acids is 2. The summed E-state index contributed by atoms with van der Waals surface area (Å²) in [6.07, 6.45) is 2.81. The van der Waals surface area contributed by atoms with Crippen LogP contribution in [-0.4, -0.2) is 31.5 Å². The number of alkyl halides is 3. The van der Waals surface area contributed by atoms with Gasteiger partial charge in [0.25, 0.3) is 0 Å². The molecule has 0 amide bonds. The van der Waals surface area contributed by atoms with Gasteiger partial charge in [0.1, 0.15) is 0 Å². The van der Waals surface area contributed by atoms with E-state index in [9.17, 15) is 22.8 Å². The van der Waals surface area contributed by atoms with Gasteiger partial charge in [-0.3, -0.25) is 0 Å². The Hall–Kier alpha value is -4.47. The van der Waals surface area contributed by atoms with Gasteiger partial charge in [-0.2, -0.15) is 0 Å². The van der Waals surface area contributed by atoms with Gasteiger partial charge in [0.2, 0.25) is 5.75 Å². The summed E-state index contributed by atoms with van der Waals surface area (Å²) in [4.78, 5) is 22.2. The number of ether oxygens (including phenoxy) is 3. The van der Waals surface area contributed by atoms with Gasteiger partial charge in [-0.05, 0) is 79.7 Å². The smallest absolute Gasteiger partial charge is 0.463 e. The molecule has 0 unspecified atom stereocenters. The summed E-state index contributed by atoms with van der Waals surface area (Å²) in [5.74, 6) is -5.37. The molecular formula is C35H35F5O5. The quantitative estimate of drug-likeness (QED) is 0.0645. The van der Waals surface area contributed by atoms with Gasteiger partial charge in [-0.1, -0.05) is 61.7 Å². The van der Waals surface area contributed by atoms with Crippen molar-refractivity contribution in [2.24, 2.45) is 0 Å². The Kier molecular flexibility index (Phi) is 13.3. The highest BCUT2D eigenvalue weighted by Crippen LogP contribution is 2.40. The lowest BCUT2D eigenvalue weighted by atomic mass is 9.95. The monoisotopic (exact) mass is 630 g/mol. The normalized spacial score (nSPS) is 11.1. The molecule has 0 aromatic heterocycles. The predicted octanol–water partition coefficient (Wildman–Crippen LogP) is 9.08. The van der Waals surface area contributed by atoms with Crippen LogP contribution in [0.5, 0.6) is 5.75 Å². The van der Waals surface area contributed by atoms with Crippen LogP contribution in [0.25, 0.3) is 22.3 Å². The van der Waals surface area contributed by atoms with Crippen LogP contribution < -0.4 is 4.74 Å². The topological polar surface area (TPSA) is 61.8 Å². The number of esters is 2. The first-order valence-corrected chi connectivity index (χ1v) is 14.6. The predicted molar refractivity (Wildman–Crippen MR) is 161 cm³/mol. The highest BCUT2D eigenvalue weighted by Gasteiger charge is 2.36. The third-order valence-electron chi connectivity index (χ3n) is 6.95. The van der Waals surface area contributed by atoms with E-state index < -0.39 is 35.7 Å². The Labute approximate surface area is 259 Å². The van der Waals surface area contributed by atoms with Crippen molar-refractivity contribution >= 4 is 11.9 Å². The number of hydrogen-bond acceptors (Lipinski definition) is 5. The van der Waals surface area contributed by atoms with E-state index in [4.69, 9.17) is 9.47 Å². The first-order chi connectivity index (χ1) is 21.5. The second-order valence-corrected chi connectivity index (χ2v) is 10.2. The number of benzene rings is 3. The molecule has 5 nitrogen and oxygen atoms in total. The van der Waals surface area contributed by atoms with Gasteiger partial charge in [0, 0.05) is 23.3 Å². The lowest BCUT2D eigenvalue weighted by Gasteiger charge is -2.17. The number of hydrogen-bond donors (Lipinski definition) is 0. The molecular weight excluding hydrogens is 595 g/mol. The van der Waals surface area contributed by atoms with Crippen molar-refractivity contribution in [3.05, 3.63) is 103 Å². The molecule has 0 saturated heterocycles. The average molecular weight is 631 g/mol. The van der Waals surface area contributed by atoms with E-state index in [-0.39, 0.29) is 35.5 Å². The summed E-state index contributed by atoms with van der Waals surface area (Å²) in [5.41, 5.74) is 1.90. The molecule has 3 aromatic rings. The van der Waals surface area contributed by atoms with Crippen LogP contribution in [0.1, 0.15) is 49.7 Å². The third kappa shape index (κ3) is 11.2. The summed E-state index contributed by atoms with van der Waals surface area (Å²) in [6.45, 7) is 7.25. The third-order valence-corrected chi connectivity index (χ3v) is 6.95. The van der Waals surface area contributed by atoms with E-state index >= 15 is 8.78 Å². The first-order valence-electron chi connectivity index (χ1n) is 14.6. The second-order valence-electron chi connectivity index (χ2n) is 10.2. The van der Waals surface area contributed by atoms with Crippen molar-refractivity contribution in [1.29, 1.82) is 0 Å². The summed E-state index contributed by atoms with van der Waals surface area (Å²) in [5, 5.41) is 0. The van der Waals surface area contributed by atoms with Crippen molar-refractivity contribution in [3.63, 3.8) is 0 Å². The van der Waals surface area contributed by atoms with E-state index in [0.29, 0.717) is 25.7 Å². The van der Waals surface area contributed by atoms with E-state index in [1.807, 2.05) is 0 Å². The van der Waals surface area contributed by atoms with Crippen LogP contribution in [-0.2, 0) is 31.9 Å². The van der Waals surface area contributed by atoms with Crippen LogP contribution >= 0.6 is 0 Å². The minimum atomic E-state index is -5.31. The standard InChI is InChI=1S/C35H35F5O5/c1-3-30(41)43-21-9-5-7-11-24-13-17-26(18-14-24)28-23-29(33(37)34(32(28)36)45-35(38,39)40)27-19-15-25(16-20-27)12-8-6-10-22-44-31(42)4-2/h3-4,13-20,23H,1-2,5-12,21-22H2. The highest BCUT2D eigenvalue weighted by molar-refractivity contribution is 5.81. The van der Waals surface area contributed by atoms with Crippen molar-refractivity contribution in [2.45, 2.75) is 57.7 Å². The van der Waals surface area contributed by atoms with Crippen molar-refractivity contribution < 1.29 is 45.8 Å². The first kappa shape index (κ1) is 35.0. The fourth-order valence-electron chi connectivity index (χ4n) is 4.62. The maximum absolute atomic E-state index is 15.4. The van der Waals surface area contributed by atoms with Crippen LogP contribution in [0, 0.1) is 11.6 Å². The molecule has 3 rings (SSSR count). The molecule has 0 N–H and O–H groups in total. The Morgan fingerprint density at radius 3 is 1.40 bits per heavy atom. The van der Waals surface area contributed by atoms with Gasteiger partial charge in [-0.15, -0.1) is 13.2 Å². The van der Waals surface area contributed by atoms with Crippen LogP contribution in [0.4, 0.5) is 22.0 Å². The number of aryl methyl sites for hydroxylation is 2. The molecule has 0 fully saturated rings. The maximum atomic E-state index is 15.4. The Morgan fingerprint density at radius 2 is 1.04 bits per heavy atom. The number of rotatable bonds is 17. The van der Waals surface area contributed by atoms with E-state index in [1.54, 1.807) is 48.5 Å². The van der Waals surface area contributed by atoms with Gasteiger partial charge in [0.15, 0.2) is 11.6 Å². The molecule has 0 radical (unpaired) electrons. The number of unbranched alkanes of at least 4 members (excludes halogenated alkanes) is 4. The molecule has 0 aliphatic rings. The zero-order valence-electron chi connectivity index (χ0n) is 24.8. The van der Waals surface area contributed by atoms with Crippen LogP contribution in [0.15, 0.2) is 79.9 Å². The average Bonchev–Trinajstić information content (AvgIpc) is 3.02. The fourth-order valence-corrected chi connectivity index (χ4v) is 4.62. The van der Waals surface area contributed by atoms with E-state index in [0.717, 1.165) is 49.0 Å². The summed E-state index contributed by atoms with van der Waals surface area (Å²) in [6, 6.07) is 14.4. The van der Waals surface area contributed by atoms with Crippen molar-refractivity contribution in [1.82, 2.24) is 0 Å². The molecule has 0 aliphatic carbocycles. The van der Waals surface area contributed by atoms with E-state index in [2.05, 4.69) is 17.9 Å². The van der Waals surface area contributed by atoms with Gasteiger partial charge < -0.3 is 14.2 Å². The molecule has 240 valence electrons. The molecule has 45 heavy (non-hydrogen) atoms. The van der Waals surface area contributed by atoms with Crippen LogP contribution in [0.3, 0.4) is 0 Å². The maximum Gasteiger partial charge on any atom is 0.573 e.